The van der Waals surface area contributed by atoms with E-state index in [9.17, 15) is 14.9 Å². The fourth-order valence-electron chi connectivity index (χ4n) is 3.01. The Kier molecular flexibility index (Phi) is 5.33. The van der Waals surface area contributed by atoms with E-state index in [0.29, 0.717) is 10.6 Å². The van der Waals surface area contributed by atoms with E-state index in [1.807, 2.05) is 6.07 Å². The van der Waals surface area contributed by atoms with Crippen LogP contribution in [0.3, 0.4) is 0 Å². The molecule has 1 fully saturated rings. The smallest absolute Gasteiger partial charge is 0.243 e. The molecule has 2 aliphatic rings. The van der Waals surface area contributed by atoms with E-state index in [1.54, 1.807) is 13.8 Å². The molecule has 23 heavy (non-hydrogen) atoms. The lowest BCUT2D eigenvalue weighted by Gasteiger charge is -2.34. The maximum atomic E-state index is 12.0. The van der Waals surface area contributed by atoms with E-state index in [0.717, 1.165) is 37.4 Å². The Bertz CT molecular complexity index is 621. The molecule has 2 N–H and O–H groups in total. The summed E-state index contributed by atoms with van der Waals surface area (Å²) in [5.74, 6) is -1.28. The van der Waals surface area contributed by atoms with Crippen LogP contribution in [0, 0.1) is 34.0 Å². The molecule has 2 rings (SSSR count). The molecule has 0 radical (unpaired) electrons. The monoisotopic (exact) mass is 332 g/mol. The number of carbonyl (C=O) groups excluding carboxylic acids is 2. The summed E-state index contributed by atoms with van der Waals surface area (Å²) in [6.07, 6.45) is 4.30. The van der Waals surface area contributed by atoms with Gasteiger partial charge in [0, 0.05) is 11.5 Å². The van der Waals surface area contributed by atoms with Crippen LogP contribution in [0.5, 0.6) is 0 Å². The SMILES string of the molecule is CC1(C)C(C#N)=C(SCC(=O)NC2CCCC2)NC(=O)[C@@H]1C#N. The van der Waals surface area contributed by atoms with Crippen molar-refractivity contribution in [1.29, 1.82) is 10.5 Å². The number of thioether (sulfide) groups is 1. The number of hydrogen-bond acceptors (Lipinski definition) is 5. The van der Waals surface area contributed by atoms with Gasteiger partial charge >= 0.3 is 0 Å². The third-order valence-corrected chi connectivity index (χ3v) is 5.40. The molecule has 1 aliphatic carbocycles. The molecule has 122 valence electrons. The van der Waals surface area contributed by atoms with Gasteiger partial charge in [0.05, 0.1) is 28.5 Å². The summed E-state index contributed by atoms with van der Waals surface area (Å²) < 4.78 is 0. The summed E-state index contributed by atoms with van der Waals surface area (Å²) in [5, 5.41) is 24.5. The molecular formula is C16H20N4O2S. The van der Waals surface area contributed by atoms with Gasteiger partial charge in [0.1, 0.15) is 5.92 Å². The summed E-state index contributed by atoms with van der Waals surface area (Å²) in [4.78, 5) is 24.0. The highest BCUT2D eigenvalue weighted by molar-refractivity contribution is 8.03. The van der Waals surface area contributed by atoms with Crippen molar-refractivity contribution in [3.05, 3.63) is 10.6 Å². The number of allylic oxidation sites excluding steroid dienone is 1. The van der Waals surface area contributed by atoms with Crippen LogP contribution in [0.4, 0.5) is 0 Å². The molecule has 0 aromatic carbocycles. The van der Waals surface area contributed by atoms with Crippen molar-refractivity contribution in [2.45, 2.75) is 45.6 Å². The average Bonchev–Trinajstić information content (AvgIpc) is 2.97. The van der Waals surface area contributed by atoms with Gasteiger partial charge in [-0.2, -0.15) is 10.5 Å². The Morgan fingerprint density at radius 3 is 2.61 bits per heavy atom. The van der Waals surface area contributed by atoms with Gasteiger partial charge < -0.3 is 10.6 Å². The molecule has 1 heterocycles. The minimum absolute atomic E-state index is 0.0962. The number of nitrogens with one attached hydrogen (secondary N) is 2. The number of amides is 2. The molecule has 0 spiro atoms. The molecule has 0 aromatic heterocycles. The Hall–Kier alpha value is -1.99. The number of rotatable bonds is 4. The minimum atomic E-state index is -0.909. The first-order valence-corrected chi connectivity index (χ1v) is 8.66. The van der Waals surface area contributed by atoms with Gasteiger partial charge in [-0.3, -0.25) is 9.59 Å². The van der Waals surface area contributed by atoms with Gasteiger partial charge in [0.25, 0.3) is 0 Å². The molecule has 1 saturated carbocycles. The van der Waals surface area contributed by atoms with Crippen molar-refractivity contribution in [3.63, 3.8) is 0 Å². The summed E-state index contributed by atoms with van der Waals surface area (Å²) in [6, 6.07) is 4.29. The standard InChI is InChI=1S/C16H20N4O2S/c1-16(2)11(7-17)14(22)20-15(12(16)8-18)23-9-13(21)19-10-5-3-4-6-10/h10-11H,3-6,9H2,1-2H3,(H,19,21)(H,20,22)/t11-/m0/s1. The maximum Gasteiger partial charge on any atom is 0.243 e. The van der Waals surface area contributed by atoms with Gasteiger partial charge in [-0.1, -0.05) is 38.5 Å². The van der Waals surface area contributed by atoms with Crippen LogP contribution in [0.1, 0.15) is 39.5 Å². The van der Waals surface area contributed by atoms with E-state index in [2.05, 4.69) is 16.7 Å². The molecule has 0 unspecified atom stereocenters. The highest BCUT2D eigenvalue weighted by Gasteiger charge is 2.44. The molecule has 0 aromatic rings. The van der Waals surface area contributed by atoms with Crippen molar-refractivity contribution in [3.8, 4) is 12.1 Å². The first kappa shape index (κ1) is 17.4. The van der Waals surface area contributed by atoms with Crippen molar-refractivity contribution >= 4 is 23.6 Å². The maximum absolute atomic E-state index is 12.0. The zero-order valence-corrected chi connectivity index (χ0v) is 14.1. The fraction of sp³-hybridized carbons (Fsp3) is 0.625. The highest BCUT2D eigenvalue weighted by atomic mass is 32.2. The minimum Gasteiger partial charge on any atom is -0.353 e. The van der Waals surface area contributed by atoms with Gasteiger partial charge in [-0.25, -0.2) is 0 Å². The Morgan fingerprint density at radius 1 is 1.39 bits per heavy atom. The molecule has 1 atom stereocenters. The van der Waals surface area contributed by atoms with Crippen molar-refractivity contribution in [2.24, 2.45) is 11.3 Å². The van der Waals surface area contributed by atoms with Crippen molar-refractivity contribution in [1.82, 2.24) is 10.6 Å². The molecule has 2 amide bonds. The van der Waals surface area contributed by atoms with E-state index >= 15 is 0 Å². The normalized spacial score (nSPS) is 23.8. The summed E-state index contributed by atoms with van der Waals surface area (Å²) >= 11 is 1.14. The second-order valence-corrected chi connectivity index (χ2v) is 7.41. The van der Waals surface area contributed by atoms with Crippen molar-refractivity contribution < 1.29 is 9.59 Å². The first-order valence-electron chi connectivity index (χ1n) is 7.67. The van der Waals surface area contributed by atoms with Crippen LogP contribution in [0.15, 0.2) is 10.6 Å². The third kappa shape index (κ3) is 3.68. The average molecular weight is 332 g/mol. The largest absolute Gasteiger partial charge is 0.353 e. The number of hydrogen-bond donors (Lipinski definition) is 2. The van der Waals surface area contributed by atoms with E-state index in [4.69, 9.17) is 5.26 Å². The van der Waals surface area contributed by atoms with Crippen LogP contribution in [-0.4, -0.2) is 23.6 Å². The number of nitrogens with zero attached hydrogens (tertiary/aromatic N) is 2. The molecule has 0 bridgehead atoms. The predicted octanol–water partition coefficient (Wildman–Crippen LogP) is 1.81. The van der Waals surface area contributed by atoms with Gasteiger partial charge in [-0.15, -0.1) is 0 Å². The van der Waals surface area contributed by atoms with E-state index < -0.39 is 17.2 Å². The van der Waals surface area contributed by atoms with E-state index in [1.165, 1.54) is 0 Å². The zero-order chi connectivity index (χ0) is 17.0. The van der Waals surface area contributed by atoms with Crippen LogP contribution in [0.2, 0.25) is 0 Å². The Balaban J connectivity index is 2.06. The Morgan fingerprint density at radius 2 is 2.04 bits per heavy atom. The second kappa shape index (κ2) is 7.06. The first-order chi connectivity index (χ1) is 10.9. The molecule has 0 saturated heterocycles. The summed E-state index contributed by atoms with van der Waals surface area (Å²) in [6.45, 7) is 3.41. The molecular weight excluding hydrogens is 312 g/mol. The highest BCUT2D eigenvalue weighted by Crippen LogP contribution is 2.41. The van der Waals surface area contributed by atoms with Gasteiger partial charge in [-0.05, 0) is 12.8 Å². The van der Waals surface area contributed by atoms with Crippen molar-refractivity contribution in [2.75, 3.05) is 5.75 Å². The fourth-order valence-corrected chi connectivity index (χ4v) is 4.00. The lowest BCUT2D eigenvalue weighted by Crippen LogP contribution is -2.44. The summed E-state index contributed by atoms with van der Waals surface area (Å²) in [5.41, 5.74) is -0.516. The van der Waals surface area contributed by atoms with Crippen LogP contribution in [-0.2, 0) is 9.59 Å². The molecule has 1 aliphatic heterocycles. The van der Waals surface area contributed by atoms with Gasteiger partial charge in [0.2, 0.25) is 11.8 Å². The second-order valence-electron chi connectivity index (χ2n) is 6.43. The summed E-state index contributed by atoms with van der Waals surface area (Å²) in [7, 11) is 0. The van der Waals surface area contributed by atoms with Crippen LogP contribution < -0.4 is 10.6 Å². The third-order valence-electron chi connectivity index (χ3n) is 4.40. The molecule has 6 nitrogen and oxygen atoms in total. The number of nitriles is 2. The predicted molar refractivity (Wildman–Crippen MR) is 86.5 cm³/mol. The van der Waals surface area contributed by atoms with Crippen LogP contribution >= 0.6 is 11.8 Å². The quantitative estimate of drug-likeness (QED) is 0.816. The lowest BCUT2D eigenvalue weighted by molar-refractivity contribution is -0.125. The topological polar surface area (TPSA) is 106 Å². The van der Waals surface area contributed by atoms with Crippen LogP contribution in [0.25, 0.3) is 0 Å². The lowest BCUT2D eigenvalue weighted by atomic mass is 9.72. The molecule has 7 heteroatoms. The number of carbonyl (C=O) groups is 2. The van der Waals surface area contributed by atoms with Gasteiger partial charge in [0.15, 0.2) is 0 Å². The Labute approximate surface area is 140 Å². The zero-order valence-electron chi connectivity index (χ0n) is 13.3. The van der Waals surface area contributed by atoms with E-state index in [-0.39, 0.29) is 17.7 Å².